The Morgan fingerprint density at radius 1 is 1.21 bits per heavy atom. The van der Waals surface area contributed by atoms with Gasteiger partial charge in [-0.1, -0.05) is 31.2 Å². The Morgan fingerprint density at radius 2 is 1.93 bits per heavy atom. The van der Waals surface area contributed by atoms with Crippen LogP contribution in [0.2, 0.25) is 0 Å². The van der Waals surface area contributed by atoms with E-state index in [0.29, 0.717) is 12.5 Å². The van der Waals surface area contributed by atoms with Crippen LogP contribution < -0.4 is 15.5 Å². The highest BCUT2D eigenvalue weighted by Gasteiger charge is 2.19. The summed E-state index contributed by atoms with van der Waals surface area (Å²) in [6.45, 7) is 6.98. The standard InChI is InChI=1S/C20H29N6OP/c1-5-15(11-27)22-20-23-18(17-19(24-20)26(12-21-17)13(2)3)25(4)10-14-6-8-16(28)9-7-14/h6-9,12-13,15,27H,5,10-11,28H2,1-4H3,(H,22,23,24). The van der Waals surface area contributed by atoms with Crippen molar-refractivity contribution in [2.45, 2.75) is 45.8 Å². The number of nitrogens with zero attached hydrogens (tertiary/aromatic N) is 5. The maximum atomic E-state index is 9.55. The number of hydrogen-bond donors (Lipinski definition) is 2. The lowest BCUT2D eigenvalue weighted by molar-refractivity contribution is 0.271. The zero-order valence-corrected chi connectivity index (χ0v) is 18.1. The molecule has 0 aliphatic carbocycles. The van der Waals surface area contributed by atoms with Crippen molar-refractivity contribution in [3.63, 3.8) is 0 Å². The molecule has 2 N–H and O–H groups in total. The van der Waals surface area contributed by atoms with Gasteiger partial charge >= 0.3 is 0 Å². The van der Waals surface area contributed by atoms with E-state index < -0.39 is 0 Å². The molecule has 0 fully saturated rings. The molecule has 0 saturated heterocycles. The third kappa shape index (κ3) is 4.42. The molecule has 0 aliphatic heterocycles. The number of nitrogens with one attached hydrogen (secondary N) is 1. The summed E-state index contributed by atoms with van der Waals surface area (Å²) in [4.78, 5) is 16.1. The van der Waals surface area contributed by atoms with Crippen molar-refractivity contribution in [2.75, 3.05) is 23.9 Å². The molecule has 1 aromatic carbocycles. The van der Waals surface area contributed by atoms with E-state index in [2.05, 4.69) is 62.6 Å². The van der Waals surface area contributed by atoms with E-state index in [0.717, 1.165) is 28.7 Å². The van der Waals surface area contributed by atoms with Gasteiger partial charge in [-0.3, -0.25) is 0 Å². The molecule has 3 aromatic rings. The van der Waals surface area contributed by atoms with E-state index in [1.54, 1.807) is 0 Å². The quantitative estimate of drug-likeness (QED) is 0.566. The van der Waals surface area contributed by atoms with Crippen LogP contribution in [0, 0.1) is 0 Å². The Bertz CT molecular complexity index is 920. The molecule has 2 unspecified atom stereocenters. The average molecular weight is 400 g/mol. The van der Waals surface area contributed by atoms with Gasteiger partial charge in [0.2, 0.25) is 5.95 Å². The number of anilines is 2. The second-order valence-corrected chi connectivity index (χ2v) is 7.99. The van der Waals surface area contributed by atoms with Crippen molar-refractivity contribution in [2.24, 2.45) is 0 Å². The van der Waals surface area contributed by atoms with Crippen molar-refractivity contribution >= 4 is 37.5 Å². The zero-order valence-electron chi connectivity index (χ0n) is 16.9. The van der Waals surface area contributed by atoms with Gasteiger partial charge in [0.25, 0.3) is 0 Å². The fraction of sp³-hybridized carbons (Fsp3) is 0.450. The highest BCUT2D eigenvalue weighted by molar-refractivity contribution is 7.27. The third-order valence-electron chi connectivity index (χ3n) is 4.77. The van der Waals surface area contributed by atoms with Gasteiger partial charge in [0.05, 0.1) is 19.0 Å². The van der Waals surface area contributed by atoms with E-state index in [-0.39, 0.29) is 18.7 Å². The number of imidazole rings is 1. The fourth-order valence-corrected chi connectivity index (χ4v) is 3.23. The summed E-state index contributed by atoms with van der Waals surface area (Å²) in [7, 11) is 4.72. The predicted octanol–water partition coefficient (Wildman–Crippen LogP) is 2.73. The zero-order chi connectivity index (χ0) is 20.3. The summed E-state index contributed by atoms with van der Waals surface area (Å²) in [5, 5.41) is 14.0. The van der Waals surface area contributed by atoms with Crippen LogP contribution in [0.4, 0.5) is 11.8 Å². The SMILES string of the molecule is CCC(CO)Nc1nc(N(C)Cc2ccc(P)cc2)c2ncn(C(C)C)c2n1. The van der Waals surface area contributed by atoms with Crippen molar-refractivity contribution in [3.05, 3.63) is 36.2 Å². The predicted molar refractivity (Wildman–Crippen MR) is 118 cm³/mol. The van der Waals surface area contributed by atoms with Crippen LogP contribution in [0.1, 0.15) is 38.8 Å². The summed E-state index contributed by atoms with van der Waals surface area (Å²) in [5.41, 5.74) is 2.77. The van der Waals surface area contributed by atoms with Crippen LogP contribution in [-0.2, 0) is 6.54 Å². The van der Waals surface area contributed by atoms with Gasteiger partial charge in [-0.15, -0.1) is 9.24 Å². The Balaban J connectivity index is 2.01. The highest BCUT2D eigenvalue weighted by atomic mass is 31.0. The minimum absolute atomic E-state index is 0.0356. The maximum Gasteiger partial charge on any atom is 0.227 e. The first-order chi connectivity index (χ1) is 13.4. The average Bonchev–Trinajstić information content (AvgIpc) is 3.11. The third-order valence-corrected chi connectivity index (χ3v) is 5.15. The first-order valence-electron chi connectivity index (χ1n) is 9.60. The molecule has 2 atom stereocenters. The molecule has 7 nitrogen and oxygen atoms in total. The lowest BCUT2D eigenvalue weighted by Crippen LogP contribution is -2.25. The molecule has 3 rings (SSSR count). The Morgan fingerprint density at radius 3 is 2.54 bits per heavy atom. The lowest BCUT2D eigenvalue weighted by Gasteiger charge is -2.21. The Kier molecular flexibility index (Phi) is 6.47. The molecular formula is C20H29N6OP. The maximum absolute atomic E-state index is 9.55. The largest absolute Gasteiger partial charge is 0.394 e. The molecule has 0 amide bonds. The first kappa shape index (κ1) is 20.5. The second kappa shape index (κ2) is 8.84. The summed E-state index contributed by atoms with van der Waals surface area (Å²) < 4.78 is 2.04. The first-order valence-corrected chi connectivity index (χ1v) is 10.2. The molecule has 0 saturated carbocycles. The van der Waals surface area contributed by atoms with Crippen molar-refractivity contribution in [1.82, 2.24) is 19.5 Å². The molecule has 8 heteroatoms. The molecule has 150 valence electrons. The molecule has 0 aliphatic rings. The van der Waals surface area contributed by atoms with Crippen LogP contribution in [0.3, 0.4) is 0 Å². The number of hydrogen-bond acceptors (Lipinski definition) is 6. The van der Waals surface area contributed by atoms with E-state index in [1.165, 1.54) is 5.56 Å². The van der Waals surface area contributed by atoms with E-state index in [4.69, 9.17) is 9.97 Å². The number of aliphatic hydroxyl groups excluding tert-OH is 1. The van der Waals surface area contributed by atoms with Crippen LogP contribution in [-0.4, -0.2) is 44.3 Å². The monoisotopic (exact) mass is 400 g/mol. The molecule has 2 heterocycles. The van der Waals surface area contributed by atoms with Crippen LogP contribution in [0.25, 0.3) is 11.2 Å². The van der Waals surface area contributed by atoms with Gasteiger partial charge in [0.15, 0.2) is 17.0 Å². The lowest BCUT2D eigenvalue weighted by atomic mass is 10.2. The number of aromatic nitrogens is 4. The smallest absolute Gasteiger partial charge is 0.227 e. The van der Waals surface area contributed by atoms with E-state index in [9.17, 15) is 5.11 Å². The molecular weight excluding hydrogens is 371 g/mol. The molecule has 0 radical (unpaired) electrons. The van der Waals surface area contributed by atoms with Crippen molar-refractivity contribution in [1.29, 1.82) is 0 Å². The molecule has 0 bridgehead atoms. The number of aliphatic hydroxyl groups is 1. The molecule has 28 heavy (non-hydrogen) atoms. The Labute approximate surface area is 168 Å². The number of fused-ring (bicyclic) bond motifs is 1. The summed E-state index contributed by atoms with van der Waals surface area (Å²) in [5.74, 6) is 1.28. The normalized spacial score (nSPS) is 12.5. The summed E-state index contributed by atoms with van der Waals surface area (Å²) in [6.07, 6.45) is 2.60. The van der Waals surface area contributed by atoms with Gasteiger partial charge in [-0.2, -0.15) is 9.97 Å². The van der Waals surface area contributed by atoms with E-state index >= 15 is 0 Å². The van der Waals surface area contributed by atoms with Gasteiger partial charge in [0, 0.05) is 19.6 Å². The van der Waals surface area contributed by atoms with Gasteiger partial charge in [0.1, 0.15) is 0 Å². The van der Waals surface area contributed by atoms with Gasteiger partial charge < -0.3 is 19.9 Å². The Hall–Kier alpha value is -2.24. The van der Waals surface area contributed by atoms with Crippen molar-refractivity contribution < 1.29 is 5.11 Å². The minimum Gasteiger partial charge on any atom is -0.394 e. The highest BCUT2D eigenvalue weighted by Crippen LogP contribution is 2.26. The topological polar surface area (TPSA) is 79.1 Å². The summed E-state index contributed by atoms with van der Waals surface area (Å²) in [6, 6.07) is 8.54. The van der Waals surface area contributed by atoms with Crippen molar-refractivity contribution in [3.8, 4) is 0 Å². The summed E-state index contributed by atoms with van der Waals surface area (Å²) >= 11 is 0. The number of benzene rings is 1. The van der Waals surface area contributed by atoms with Crippen LogP contribution >= 0.6 is 9.24 Å². The number of rotatable bonds is 8. The molecule has 2 aromatic heterocycles. The van der Waals surface area contributed by atoms with Crippen LogP contribution in [0.5, 0.6) is 0 Å². The minimum atomic E-state index is -0.0828. The van der Waals surface area contributed by atoms with Crippen LogP contribution in [0.15, 0.2) is 30.6 Å². The fourth-order valence-electron chi connectivity index (χ4n) is 3.04. The van der Waals surface area contributed by atoms with E-state index in [1.807, 2.05) is 24.9 Å². The molecule has 0 spiro atoms. The van der Waals surface area contributed by atoms with Gasteiger partial charge in [-0.05, 0) is 31.1 Å². The second-order valence-electron chi connectivity index (χ2n) is 7.32. The van der Waals surface area contributed by atoms with Gasteiger partial charge in [-0.25, -0.2) is 4.98 Å².